The summed E-state index contributed by atoms with van der Waals surface area (Å²) >= 11 is 0. The molecule has 0 aromatic rings. The number of unbranched alkanes of at least 4 members (excludes halogenated alkanes) is 22. The summed E-state index contributed by atoms with van der Waals surface area (Å²) in [7, 11) is -4.75. The summed E-state index contributed by atoms with van der Waals surface area (Å²) in [4.78, 5) is 45.8. The zero-order chi connectivity index (χ0) is 40.0. The molecule has 0 aromatic heterocycles. The quantitative estimate of drug-likeness (QED) is 0.0203. The van der Waals surface area contributed by atoms with Gasteiger partial charge in [0.15, 0.2) is 6.04 Å². The molecule has 0 aliphatic heterocycles. The van der Waals surface area contributed by atoms with Gasteiger partial charge in [-0.2, -0.15) is 0 Å². The van der Waals surface area contributed by atoms with Gasteiger partial charge in [0, 0.05) is 12.8 Å². The lowest BCUT2D eigenvalue weighted by atomic mass is 10.1. The van der Waals surface area contributed by atoms with Crippen LogP contribution in [-0.4, -0.2) is 64.9 Å². The first kappa shape index (κ1) is 52.0. The Morgan fingerprint density at radius 2 is 0.963 bits per heavy atom. The van der Waals surface area contributed by atoms with Crippen LogP contribution in [0.4, 0.5) is 0 Å². The van der Waals surface area contributed by atoms with E-state index in [1.807, 2.05) is 0 Å². The number of phosphoric ester groups is 1. The molecule has 1 amide bonds. The molecule has 11 nitrogen and oxygen atoms in total. The molecule has 4 N–H and O–H groups in total. The molecule has 12 heteroatoms. The van der Waals surface area contributed by atoms with Gasteiger partial charge in [-0.25, -0.2) is 9.36 Å². The molecule has 54 heavy (non-hydrogen) atoms. The van der Waals surface area contributed by atoms with Crippen LogP contribution in [0, 0.1) is 0 Å². The van der Waals surface area contributed by atoms with Crippen LogP contribution < -0.4 is 5.32 Å². The Morgan fingerprint density at radius 1 is 0.574 bits per heavy atom. The molecule has 0 saturated carbocycles. The zero-order valence-corrected chi connectivity index (χ0v) is 34.9. The van der Waals surface area contributed by atoms with Gasteiger partial charge in [-0.3, -0.25) is 18.6 Å². The van der Waals surface area contributed by atoms with E-state index in [-0.39, 0.29) is 12.8 Å². The minimum Gasteiger partial charge on any atom is -0.480 e. The highest BCUT2D eigenvalue weighted by Crippen LogP contribution is 2.43. The third-order valence-corrected chi connectivity index (χ3v) is 10.2. The van der Waals surface area contributed by atoms with Crippen LogP contribution in [0.15, 0.2) is 24.3 Å². The number of carbonyl (C=O) groups excluding carboxylic acids is 2. The fraction of sp³-hybridized carbons (Fsp3) is 0.833. The van der Waals surface area contributed by atoms with Crippen molar-refractivity contribution in [2.24, 2.45) is 0 Å². The van der Waals surface area contributed by atoms with E-state index in [0.29, 0.717) is 12.8 Å². The number of hydrogen-bond donors (Lipinski definition) is 4. The molecule has 3 atom stereocenters. The molecule has 0 aliphatic rings. The molecule has 3 unspecified atom stereocenters. The average molecular weight is 788 g/mol. The van der Waals surface area contributed by atoms with Gasteiger partial charge in [0.25, 0.3) is 0 Å². The molecule has 0 spiro atoms. The standard InChI is InChI=1S/C42H78NO10P/c1-3-5-7-9-11-13-15-17-19-21-23-25-27-29-31-33-40(45)43-39(42(47)48)37-53-54(49,50)52-36-38(44)35-51-41(46)34-32-30-28-26-24-22-20-18-16-14-12-10-8-6-4-2/h17-20,38-39,44H,3-16,21-37H2,1-2H3,(H,43,45)(H,47,48)(H,49,50)/b19-17-,20-18-. The first-order valence-electron chi connectivity index (χ1n) is 21.4. The van der Waals surface area contributed by atoms with Crippen LogP contribution in [0.2, 0.25) is 0 Å². The number of rotatable bonds is 40. The second-order valence-corrected chi connectivity index (χ2v) is 16.0. The van der Waals surface area contributed by atoms with Gasteiger partial charge < -0.3 is 25.2 Å². The molecule has 0 radical (unpaired) electrons. The summed E-state index contributed by atoms with van der Waals surface area (Å²) < 4.78 is 26.8. The Balaban J connectivity index is 3.93. The lowest BCUT2D eigenvalue weighted by Crippen LogP contribution is -2.43. The largest absolute Gasteiger partial charge is 0.480 e. The SMILES string of the molecule is CCCCCCCC/C=C\CCCCCCCC(=O)NC(COP(=O)(O)OCC(O)COC(=O)CCCCCCC/C=C\CCCCCCCC)C(=O)O. The molecule has 0 rings (SSSR count). The summed E-state index contributed by atoms with van der Waals surface area (Å²) in [6.07, 6.45) is 37.7. The number of aliphatic hydroxyl groups is 1. The highest BCUT2D eigenvalue weighted by molar-refractivity contribution is 7.47. The molecular formula is C42H78NO10P. The fourth-order valence-corrected chi connectivity index (χ4v) is 6.61. The number of carboxylic acids is 1. The number of ether oxygens (including phenoxy) is 1. The third-order valence-electron chi connectivity index (χ3n) is 9.21. The van der Waals surface area contributed by atoms with Crippen LogP contribution in [0.5, 0.6) is 0 Å². The van der Waals surface area contributed by atoms with Crippen molar-refractivity contribution in [3.05, 3.63) is 24.3 Å². The number of aliphatic hydroxyl groups excluding tert-OH is 1. The van der Waals surface area contributed by atoms with E-state index in [1.54, 1.807) is 0 Å². The van der Waals surface area contributed by atoms with E-state index < -0.39 is 57.6 Å². The van der Waals surface area contributed by atoms with Crippen molar-refractivity contribution < 1.29 is 47.8 Å². The number of aliphatic carboxylic acids is 1. The minimum absolute atomic E-state index is 0.136. The van der Waals surface area contributed by atoms with E-state index in [4.69, 9.17) is 13.8 Å². The normalized spacial score (nSPS) is 14.0. The maximum absolute atomic E-state index is 12.3. The predicted octanol–water partition coefficient (Wildman–Crippen LogP) is 10.7. The van der Waals surface area contributed by atoms with Gasteiger partial charge >= 0.3 is 19.8 Å². The van der Waals surface area contributed by atoms with Crippen molar-refractivity contribution in [2.45, 2.75) is 206 Å². The van der Waals surface area contributed by atoms with Gasteiger partial charge in [0.2, 0.25) is 5.91 Å². The van der Waals surface area contributed by atoms with Crippen molar-refractivity contribution in [1.82, 2.24) is 5.32 Å². The van der Waals surface area contributed by atoms with Crippen molar-refractivity contribution >= 4 is 25.7 Å². The predicted molar refractivity (Wildman–Crippen MR) is 217 cm³/mol. The second-order valence-electron chi connectivity index (χ2n) is 14.5. The smallest absolute Gasteiger partial charge is 0.472 e. The van der Waals surface area contributed by atoms with Crippen LogP contribution in [-0.2, 0) is 32.7 Å². The molecular weight excluding hydrogens is 709 g/mol. The van der Waals surface area contributed by atoms with E-state index in [1.165, 1.54) is 77.0 Å². The van der Waals surface area contributed by atoms with Gasteiger partial charge in [-0.1, -0.05) is 141 Å². The van der Waals surface area contributed by atoms with Crippen LogP contribution >= 0.6 is 7.82 Å². The Hall–Kier alpha value is -2.04. The maximum atomic E-state index is 12.3. The maximum Gasteiger partial charge on any atom is 0.472 e. The number of carbonyl (C=O) groups is 3. The summed E-state index contributed by atoms with van der Waals surface area (Å²) in [5.74, 6) is -2.39. The van der Waals surface area contributed by atoms with Crippen molar-refractivity contribution in [1.29, 1.82) is 0 Å². The van der Waals surface area contributed by atoms with Gasteiger partial charge in [0.1, 0.15) is 12.7 Å². The van der Waals surface area contributed by atoms with E-state index >= 15 is 0 Å². The van der Waals surface area contributed by atoms with E-state index in [2.05, 4.69) is 43.5 Å². The number of phosphoric acid groups is 1. The highest BCUT2D eigenvalue weighted by atomic mass is 31.2. The molecule has 0 heterocycles. The zero-order valence-electron chi connectivity index (χ0n) is 34.0. The number of carboxylic acid groups (broad SMARTS) is 1. The molecule has 0 saturated heterocycles. The number of hydrogen-bond acceptors (Lipinski definition) is 8. The number of amides is 1. The van der Waals surface area contributed by atoms with Crippen LogP contribution in [0.25, 0.3) is 0 Å². The lowest BCUT2D eigenvalue weighted by Gasteiger charge is -2.18. The van der Waals surface area contributed by atoms with Gasteiger partial charge in [-0.15, -0.1) is 0 Å². The lowest BCUT2D eigenvalue weighted by molar-refractivity contribution is -0.147. The van der Waals surface area contributed by atoms with Gasteiger partial charge in [0.05, 0.1) is 13.2 Å². The third kappa shape index (κ3) is 36.9. The first-order valence-corrected chi connectivity index (χ1v) is 22.9. The van der Waals surface area contributed by atoms with Gasteiger partial charge in [-0.05, 0) is 64.2 Å². The van der Waals surface area contributed by atoms with E-state index in [0.717, 1.165) is 77.0 Å². The summed E-state index contributed by atoms with van der Waals surface area (Å²) in [6, 6.07) is -1.55. The molecule has 0 aliphatic carbocycles. The van der Waals surface area contributed by atoms with Crippen molar-refractivity contribution in [2.75, 3.05) is 19.8 Å². The Labute approximate surface area is 328 Å². The minimum atomic E-state index is -4.75. The first-order chi connectivity index (χ1) is 26.1. The average Bonchev–Trinajstić information content (AvgIpc) is 3.14. The number of allylic oxidation sites excluding steroid dienone is 4. The summed E-state index contributed by atoms with van der Waals surface area (Å²) in [5, 5.41) is 21.8. The second kappa shape index (κ2) is 37.9. The van der Waals surface area contributed by atoms with Crippen molar-refractivity contribution in [3.63, 3.8) is 0 Å². The van der Waals surface area contributed by atoms with Crippen LogP contribution in [0.3, 0.4) is 0 Å². The molecule has 0 aromatic carbocycles. The number of esters is 1. The van der Waals surface area contributed by atoms with E-state index in [9.17, 15) is 34.1 Å². The summed E-state index contributed by atoms with van der Waals surface area (Å²) in [5.41, 5.74) is 0. The molecule has 0 bridgehead atoms. The Bertz CT molecular complexity index is 1020. The highest BCUT2D eigenvalue weighted by Gasteiger charge is 2.28. The Morgan fingerprint density at radius 3 is 1.41 bits per heavy atom. The van der Waals surface area contributed by atoms with Crippen molar-refractivity contribution in [3.8, 4) is 0 Å². The topological polar surface area (TPSA) is 169 Å². The Kier molecular flexibility index (Phi) is 36.4. The molecule has 0 fully saturated rings. The molecule has 316 valence electrons. The summed E-state index contributed by atoms with van der Waals surface area (Å²) in [6.45, 7) is 2.57. The fourth-order valence-electron chi connectivity index (χ4n) is 5.83. The van der Waals surface area contributed by atoms with Crippen LogP contribution in [0.1, 0.15) is 194 Å². The monoisotopic (exact) mass is 788 g/mol. The number of nitrogens with one attached hydrogen (secondary N) is 1.